The highest BCUT2D eigenvalue weighted by Gasteiger charge is 2.18. The smallest absolute Gasteiger partial charge is 0.124 e. The molecule has 0 radical (unpaired) electrons. The fourth-order valence-electron chi connectivity index (χ4n) is 1.59. The van der Waals surface area contributed by atoms with E-state index in [-0.39, 0.29) is 17.5 Å². The molecule has 1 aromatic carbocycles. The largest absolute Gasteiger partial charge is 0.507 e. The van der Waals surface area contributed by atoms with Crippen LogP contribution in [0.5, 0.6) is 11.5 Å². The molecule has 1 aromatic rings. The molecular formula is C11H18N2O2. The van der Waals surface area contributed by atoms with Crippen molar-refractivity contribution in [2.24, 2.45) is 5.73 Å². The number of phenols is 2. The zero-order valence-corrected chi connectivity index (χ0v) is 9.14. The fourth-order valence-corrected chi connectivity index (χ4v) is 1.59. The molecule has 1 atom stereocenters. The Morgan fingerprint density at radius 2 is 1.87 bits per heavy atom. The number of hydrogen-bond acceptors (Lipinski definition) is 4. The zero-order chi connectivity index (χ0) is 11.4. The summed E-state index contributed by atoms with van der Waals surface area (Å²) in [4.78, 5) is 1.98. The Morgan fingerprint density at radius 1 is 1.33 bits per heavy atom. The zero-order valence-electron chi connectivity index (χ0n) is 9.14. The van der Waals surface area contributed by atoms with E-state index < -0.39 is 0 Å². The molecule has 1 rings (SSSR count). The van der Waals surface area contributed by atoms with Gasteiger partial charge in [-0.15, -0.1) is 0 Å². The van der Waals surface area contributed by atoms with Crippen LogP contribution >= 0.6 is 0 Å². The minimum atomic E-state index is -0.0604. The Balaban J connectivity index is 2.94. The number of hydrogen-bond donors (Lipinski definition) is 3. The van der Waals surface area contributed by atoms with Crippen LogP contribution in [0.4, 0.5) is 0 Å². The Labute approximate surface area is 89.9 Å². The van der Waals surface area contributed by atoms with Crippen molar-refractivity contribution in [3.05, 3.63) is 23.8 Å². The maximum Gasteiger partial charge on any atom is 0.124 e. The summed E-state index contributed by atoms with van der Waals surface area (Å²) in [5, 5.41) is 19.3. The second kappa shape index (κ2) is 5.00. The molecule has 4 N–H and O–H groups in total. The lowest BCUT2D eigenvalue weighted by atomic mass is 10.0. The van der Waals surface area contributed by atoms with E-state index in [0.717, 1.165) is 6.54 Å². The van der Waals surface area contributed by atoms with Crippen LogP contribution in [0.3, 0.4) is 0 Å². The average Bonchev–Trinajstić information content (AvgIpc) is 2.17. The van der Waals surface area contributed by atoms with Gasteiger partial charge in [-0.3, -0.25) is 4.90 Å². The molecule has 4 heteroatoms. The highest BCUT2D eigenvalue weighted by atomic mass is 16.3. The lowest BCUT2D eigenvalue weighted by molar-refractivity contribution is 0.257. The van der Waals surface area contributed by atoms with Crippen LogP contribution in [0.2, 0.25) is 0 Å². The van der Waals surface area contributed by atoms with Crippen LogP contribution < -0.4 is 5.73 Å². The predicted octanol–water partition coefficient (Wildman–Crippen LogP) is 1.05. The predicted molar refractivity (Wildman–Crippen MR) is 59.9 cm³/mol. The molecule has 0 fully saturated rings. The number of nitrogens with two attached hydrogens (primary N) is 1. The Morgan fingerprint density at radius 3 is 2.33 bits per heavy atom. The first-order valence-electron chi connectivity index (χ1n) is 4.99. The average molecular weight is 210 g/mol. The van der Waals surface area contributed by atoms with E-state index in [1.165, 1.54) is 0 Å². The lowest BCUT2D eigenvalue weighted by Gasteiger charge is -2.25. The van der Waals surface area contributed by atoms with Gasteiger partial charge in [0.1, 0.15) is 11.5 Å². The van der Waals surface area contributed by atoms with Gasteiger partial charge in [0.05, 0.1) is 5.56 Å². The molecule has 1 unspecified atom stereocenters. The molecule has 0 spiro atoms. The standard InChI is InChI=1S/C11H18N2O2/c1-8(13(2)7-6-12)11-9(14)4-3-5-10(11)15/h3-5,8,14-15H,6-7,12H2,1-2H3. The summed E-state index contributed by atoms with van der Waals surface area (Å²) in [6.07, 6.45) is 0. The van der Waals surface area contributed by atoms with Gasteiger partial charge < -0.3 is 15.9 Å². The molecule has 0 aliphatic carbocycles. The van der Waals surface area contributed by atoms with Gasteiger partial charge in [0.15, 0.2) is 0 Å². The van der Waals surface area contributed by atoms with Gasteiger partial charge in [-0.1, -0.05) is 6.07 Å². The third-order valence-corrected chi connectivity index (χ3v) is 2.62. The number of nitrogens with zero attached hydrogens (tertiary/aromatic N) is 1. The first-order valence-corrected chi connectivity index (χ1v) is 4.99. The molecule has 84 valence electrons. The van der Waals surface area contributed by atoms with Crippen molar-refractivity contribution >= 4 is 0 Å². The third-order valence-electron chi connectivity index (χ3n) is 2.62. The van der Waals surface area contributed by atoms with E-state index in [1.54, 1.807) is 18.2 Å². The SMILES string of the molecule is CC(c1c(O)cccc1O)N(C)CCN. The molecule has 0 saturated carbocycles. The van der Waals surface area contributed by atoms with E-state index in [9.17, 15) is 10.2 Å². The van der Waals surface area contributed by atoms with Gasteiger partial charge in [-0.2, -0.15) is 0 Å². The summed E-state index contributed by atoms with van der Waals surface area (Å²) in [5.41, 5.74) is 6.00. The van der Waals surface area contributed by atoms with Gasteiger partial charge in [-0.05, 0) is 26.1 Å². The summed E-state index contributed by atoms with van der Waals surface area (Å²) in [5.74, 6) is 0.234. The minimum Gasteiger partial charge on any atom is -0.507 e. The number of likely N-dealkylation sites (N-methyl/N-ethyl adjacent to an activating group) is 1. The molecule has 0 heterocycles. The van der Waals surface area contributed by atoms with Crippen molar-refractivity contribution in [2.75, 3.05) is 20.1 Å². The van der Waals surface area contributed by atoms with Crippen LogP contribution in [-0.2, 0) is 0 Å². The summed E-state index contributed by atoms with van der Waals surface area (Å²) in [7, 11) is 1.91. The summed E-state index contributed by atoms with van der Waals surface area (Å²) < 4.78 is 0. The number of benzene rings is 1. The maximum absolute atomic E-state index is 9.66. The van der Waals surface area contributed by atoms with Crippen molar-refractivity contribution in [3.63, 3.8) is 0 Å². The van der Waals surface area contributed by atoms with Crippen LogP contribution in [0.25, 0.3) is 0 Å². The Bertz CT molecular complexity index is 308. The number of rotatable bonds is 4. The van der Waals surface area contributed by atoms with Gasteiger partial charge in [0, 0.05) is 19.1 Å². The van der Waals surface area contributed by atoms with Gasteiger partial charge in [-0.25, -0.2) is 0 Å². The molecule has 4 nitrogen and oxygen atoms in total. The topological polar surface area (TPSA) is 69.7 Å². The van der Waals surface area contributed by atoms with Gasteiger partial charge in [0.2, 0.25) is 0 Å². The van der Waals surface area contributed by atoms with Crippen LogP contribution in [-0.4, -0.2) is 35.3 Å². The molecule has 0 aromatic heterocycles. The quantitative estimate of drug-likeness (QED) is 0.694. The maximum atomic E-state index is 9.66. The molecule has 0 bridgehead atoms. The van der Waals surface area contributed by atoms with E-state index in [2.05, 4.69) is 0 Å². The fraction of sp³-hybridized carbons (Fsp3) is 0.455. The monoisotopic (exact) mass is 210 g/mol. The van der Waals surface area contributed by atoms with Crippen LogP contribution in [0.15, 0.2) is 18.2 Å². The first-order chi connectivity index (χ1) is 7.07. The van der Waals surface area contributed by atoms with Crippen molar-refractivity contribution in [3.8, 4) is 11.5 Å². The minimum absolute atomic E-state index is 0.0604. The highest BCUT2D eigenvalue weighted by molar-refractivity contribution is 5.44. The summed E-state index contributed by atoms with van der Waals surface area (Å²) in [6, 6.07) is 4.70. The van der Waals surface area contributed by atoms with Gasteiger partial charge in [0.25, 0.3) is 0 Å². The highest BCUT2D eigenvalue weighted by Crippen LogP contribution is 2.34. The Kier molecular flexibility index (Phi) is 3.94. The van der Waals surface area contributed by atoms with Crippen molar-refractivity contribution in [1.29, 1.82) is 0 Å². The second-order valence-electron chi connectivity index (χ2n) is 3.66. The van der Waals surface area contributed by atoms with E-state index >= 15 is 0 Å². The third kappa shape index (κ3) is 2.61. The molecule has 0 saturated heterocycles. The summed E-state index contributed by atoms with van der Waals surface area (Å²) in [6.45, 7) is 3.19. The second-order valence-corrected chi connectivity index (χ2v) is 3.66. The Hall–Kier alpha value is -1.26. The van der Waals surface area contributed by atoms with Crippen molar-refractivity contribution in [1.82, 2.24) is 4.90 Å². The van der Waals surface area contributed by atoms with E-state index in [1.807, 2.05) is 18.9 Å². The normalized spacial score (nSPS) is 13.1. The summed E-state index contributed by atoms with van der Waals surface area (Å²) >= 11 is 0. The first kappa shape index (κ1) is 11.8. The molecule has 0 aliphatic rings. The van der Waals surface area contributed by atoms with Crippen LogP contribution in [0, 0.1) is 0 Å². The van der Waals surface area contributed by atoms with Crippen molar-refractivity contribution in [2.45, 2.75) is 13.0 Å². The molecule has 0 amide bonds. The number of aromatic hydroxyl groups is 2. The lowest BCUT2D eigenvalue weighted by Crippen LogP contribution is -2.28. The van der Waals surface area contributed by atoms with E-state index in [0.29, 0.717) is 12.1 Å². The van der Waals surface area contributed by atoms with Gasteiger partial charge >= 0.3 is 0 Å². The molecular weight excluding hydrogens is 192 g/mol. The van der Waals surface area contributed by atoms with Crippen molar-refractivity contribution < 1.29 is 10.2 Å². The van der Waals surface area contributed by atoms with E-state index in [4.69, 9.17) is 5.73 Å². The number of phenolic OH excluding ortho intramolecular Hbond substituents is 2. The van der Waals surface area contributed by atoms with Crippen LogP contribution in [0.1, 0.15) is 18.5 Å². The molecule has 0 aliphatic heterocycles. The molecule has 15 heavy (non-hydrogen) atoms.